The molecule has 3 rings (SSSR count). The summed E-state index contributed by atoms with van der Waals surface area (Å²) in [4.78, 5) is 24.2. The summed E-state index contributed by atoms with van der Waals surface area (Å²) in [5, 5.41) is 11.0. The first-order valence-corrected chi connectivity index (χ1v) is 8.79. The summed E-state index contributed by atoms with van der Waals surface area (Å²) in [5.74, 6) is -1.28. The van der Waals surface area contributed by atoms with E-state index in [4.69, 9.17) is 0 Å². The molecule has 0 spiro atoms. The van der Waals surface area contributed by atoms with E-state index in [2.05, 4.69) is 26.4 Å². The molecule has 1 atom stereocenters. The average molecular weight is 386 g/mol. The highest BCUT2D eigenvalue weighted by Crippen LogP contribution is 2.23. The molecule has 0 saturated heterocycles. The van der Waals surface area contributed by atoms with Crippen molar-refractivity contribution in [2.24, 2.45) is 0 Å². The minimum Gasteiger partial charge on any atom is -0.272 e. The van der Waals surface area contributed by atoms with Crippen LogP contribution >= 0.6 is 11.8 Å². The third-order valence-corrected chi connectivity index (χ3v) is 4.51. The lowest BCUT2D eigenvalue weighted by Gasteiger charge is -2.12. The number of hydrazine groups is 1. The summed E-state index contributed by atoms with van der Waals surface area (Å²) >= 11 is 1.07. The fourth-order valence-electron chi connectivity index (χ4n) is 2.12. The molecule has 1 heterocycles. The van der Waals surface area contributed by atoms with E-state index in [1.807, 2.05) is 0 Å². The zero-order valence-corrected chi connectivity index (χ0v) is 15.0. The normalized spacial score (nSPS) is 11.6. The van der Waals surface area contributed by atoms with Gasteiger partial charge in [0.2, 0.25) is 5.16 Å². The number of tetrazole rings is 1. The molecule has 0 aliphatic rings. The molecule has 0 aliphatic carbocycles. The van der Waals surface area contributed by atoms with E-state index >= 15 is 0 Å². The molecule has 0 saturated carbocycles. The van der Waals surface area contributed by atoms with E-state index in [1.165, 1.54) is 22.9 Å². The van der Waals surface area contributed by atoms with Crippen molar-refractivity contribution in [1.29, 1.82) is 0 Å². The number of nitrogens with one attached hydrogen (secondary N) is 2. The Kier molecular flexibility index (Phi) is 5.77. The number of carbonyl (C=O) groups excluding carboxylic acids is 2. The van der Waals surface area contributed by atoms with Gasteiger partial charge in [0.25, 0.3) is 11.8 Å². The predicted molar refractivity (Wildman–Crippen MR) is 96.5 cm³/mol. The minimum absolute atomic E-state index is 0.317. The summed E-state index contributed by atoms with van der Waals surface area (Å²) in [6.07, 6.45) is 0. The monoisotopic (exact) mass is 386 g/mol. The lowest BCUT2D eigenvalue weighted by molar-refractivity contribution is -0.121. The summed E-state index contributed by atoms with van der Waals surface area (Å²) in [7, 11) is 0. The first-order chi connectivity index (χ1) is 13.0. The first-order valence-electron chi connectivity index (χ1n) is 7.91. The Morgan fingerprint density at radius 1 is 1.11 bits per heavy atom. The summed E-state index contributed by atoms with van der Waals surface area (Å²) < 4.78 is 14.7. The second-order valence-corrected chi connectivity index (χ2v) is 6.73. The maximum atomic E-state index is 13.4. The highest BCUT2D eigenvalue weighted by molar-refractivity contribution is 8.00. The van der Waals surface area contributed by atoms with E-state index in [0.29, 0.717) is 16.4 Å². The number of benzene rings is 2. The molecule has 0 fully saturated rings. The molecule has 0 bridgehead atoms. The molecule has 8 nitrogen and oxygen atoms in total. The van der Waals surface area contributed by atoms with Crippen LogP contribution in [0.1, 0.15) is 17.3 Å². The number of aromatic nitrogens is 4. The van der Waals surface area contributed by atoms with E-state index in [-0.39, 0.29) is 0 Å². The van der Waals surface area contributed by atoms with Gasteiger partial charge >= 0.3 is 0 Å². The largest absolute Gasteiger partial charge is 0.272 e. The molecule has 2 amide bonds. The Bertz CT molecular complexity index is 949. The summed E-state index contributed by atoms with van der Waals surface area (Å²) in [6, 6.07) is 14.3. The number of thioether (sulfide) groups is 1. The third-order valence-electron chi connectivity index (χ3n) is 3.48. The van der Waals surface area contributed by atoms with Gasteiger partial charge in [-0.15, -0.1) is 5.10 Å². The number of hydrogen-bond donors (Lipinski definition) is 2. The second-order valence-electron chi connectivity index (χ2n) is 5.42. The van der Waals surface area contributed by atoms with Gasteiger partial charge in [0.05, 0.1) is 10.9 Å². The van der Waals surface area contributed by atoms with E-state index in [9.17, 15) is 14.0 Å². The maximum Gasteiger partial charge on any atom is 0.269 e. The zero-order valence-electron chi connectivity index (χ0n) is 14.2. The molecule has 3 aromatic rings. The number of hydrogen-bond acceptors (Lipinski definition) is 6. The predicted octanol–water partition coefficient (Wildman–Crippen LogP) is 1.74. The number of rotatable bonds is 5. The van der Waals surface area contributed by atoms with Gasteiger partial charge in [0, 0.05) is 5.56 Å². The Morgan fingerprint density at radius 3 is 2.63 bits per heavy atom. The third kappa shape index (κ3) is 4.67. The number of nitrogens with zero attached hydrogens (tertiary/aromatic N) is 4. The van der Waals surface area contributed by atoms with Crippen molar-refractivity contribution in [3.63, 3.8) is 0 Å². The second kappa shape index (κ2) is 8.41. The van der Waals surface area contributed by atoms with Crippen molar-refractivity contribution in [2.75, 3.05) is 0 Å². The van der Waals surface area contributed by atoms with Gasteiger partial charge in [0.1, 0.15) is 5.82 Å². The first kappa shape index (κ1) is 18.5. The van der Waals surface area contributed by atoms with Gasteiger partial charge in [-0.05, 0) is 47.7 Å². The molecule has 27 heavy (non-hydrogen) atoms. The topological polar surface area (TPSA) is 102 Å². The van der Waals surface area contributed by atoms with Crippen molar-refractivity contribution < 1.29 is 14.0 Å². The van der Waals surface area contributed by atoms with E-state index in [0.717, 1.165) is 11.8 Å². The highest BCUT2D eigenvalue weighted by atomic mass is 32.2. The molecular weight excluding hydrogens is 371 g/mol. The van der Waals surface area contributed by atoms with Gasteiger partial charge in [-0.2, -0.15) is 4.68 Å². The molecule has 138 valence electrons. The maximum absolute atomic E-state index is 13.4. The molecule has 10 heteroatoms. The molecule has 2 aromatic carbocycles. The molecule has 2 N–H and O–H groups in total. The van der Waals surface area contributed by atoms with Gasteiger partial charge < -0.3 is 0 Å². The highest BCUT2D eigenvalue weighted by Gasteiger charge is 2.20. The van der Waals surface area contributed by atoms with Crippen molar-refractivity contribution in [3.8, 4) is 5.69 Å². The van der Waals surface area contributed by atoms with Gasteiger partial charge in [-0.3, -0.25) is 20.4 Å². The standard InChI is InChI=1S/C17H15FN6O2S/c1-11(15(25)19-20-16(26)12-6-3-2-4-7-12)27-17-21-22-23-24(17)14-9-5-8-13(18)10-14/h2-11H,1H3,(H,19,25)(H,20,26)/t11-/m1/s1. The smallest absolute Gasteiger partial charge is 0.269 e. The van der Waals surface area contributed by atoms with Crippen molar-refractivity contribution in [2.45, 2.75) is 17.3 Å². The molecule has 1 aromatic heterocycles. The fourth-order valence-corrected chi connectivity index (χ4v) is 2.92. The Balaban J connectivity index is 1.61. The van der Waals surface area contributed by atoms with Crippen molar-refractivity contribution in [3.05, 3.63) is 66.0 Å². The summed E-state index contributed by atoms with van der Waals surface area (Å²) in [6.45, 7) is 1.64. The molecule has 0 radical (unpaired) electrons. The van der Waals surface area contributed by atoms with Crippen LogP contribution in [0.15, 0.2) is 59.8 Å². The lowest BCUT2D eigenvalue weighted by Crippen LogP contribution is -2.44. The molecule has 0 unspecified atom stereocenters. The van der Waals surface area contributed by atoms with Crippen LogP contribution < -0.4 is 10.9 Å². The molecule has 0 aliphatic heterocycles. The Hall–Kier alpha value is -3.27. The quantitative estimate of drug-likeness (QED) is 0.512. The van der Waals surface area contributed by atoms with E-state index < -0.39 is 22.9 Å². The minimum atomic E-state index is -0.612. The number of halogens is 1. The van der Waals surface area contributed by atoms with Crippen molar-refractivity contribution in [1.82, 2.24) is 31.1 Å². The zero-order chi connectivity index (χ0) is 19.2. The number of carbonyl (C=O) groups is 2. The lowest BCUT2D eigenvalue weighted by atomic mass is 10.2. The average Bonchev–Trinajstić information content (AvgIpc) is 3.14. The summed E-state index contributed by atoms with van der Waals surface area (Å²) in [5.41, 5.74) is 5.58. The fraction of sp³-hybridized carbons (Fsp3) is 0.118. The van der Waals surface area contributed by atoms with Crippen LogP contribution in [0.5, 0.6) is 0 Å². The SMILES string of the molecule is C[C@@H](Sc1nnnn1-c1cccc(F)c1)C(=O)NNC(=O)c1ccccc1. The van der Waals surface area contributed by atoms with Gasteiger partial charge in [0.15, 0.2) is 0 Å². The van der Waals surface area contributed by atoms with E-state index in [1.54, 1.807) is 43.3 Å². The van der Waals surface area contributed by atoms with Crippen LogP contribution in [-0.4, -0.2) is 37.3 Å². The Labute approximate surface area is 158 Å². The van der Waals surface area contributed by atoms with Crippen LogP contribution in [0.2, 0.25) is 0 Å². The van der Waals surface area contributed by atoms with Crippen LogP contribution in [0.3, 0.4) is 0 Å². The van der Waals surface area contributed by atoms with Gasteiger partial charge in [-0.1, -0.05) is 36.0 Å². The van der Waals surface area contributed by atoms with Crippen LogP contribution in [-0.2, 0) is 4.79 Å². The molecular formula is C17H15FN6O2S. The number of amides is 2. The van der Waals surface area contributed by atoms with Crippen LogP contribution in [0.4, 0.5) is 4.39 Å². The van der Waals surface area contributed by atoms with Crippen LogP contribution in [0, 0.1) is 5.82 Å². The van der Waals surface area contributed by atoms with Gasteiger partial charge in [-0.25, -0.2) is 4.39 Å². The van der Waals surface area contributed by atoms with Crippen molar-refractivity contribution >= 4 is 23.6 Å². The Morgan fingerprint density at radius 2 is 1.89 bits per heavy atom. The van der Waals surface area contributed by atoms with Crippen LogP contribution in [0.25, 0.3) is 5.69 Å².